The van der Waals surface area contributed by atoms with Crippen molar-refractivity contribution in [2.24, 2.45) is 0 Å². The van der Waals surface area contributed by atoms with Crippen LogP contribution in [0.15, 0.2) is 48.5 Å². The Kier molecular flexibility index (Phi) is 6.87. The average Bonchev–Trinajstić information content (AvgIpc) is 2.72. The van der Waals surface area contributed by atoms with Crippen LogP contribution in [0.25, 0.3) is 0 Å². The van der Waals surface area contributed by atoms with E-state index in [-0.39, 0.29) is 23.4 Å². The zero-order valence-electron chi connectivity index (χ0n) is 16.3. The van der Waals surface area contributed by atoms with E-state index in [1.807, 2.05) is 36.1 Å². The quantitative estimate of drug-likeness (QED) is 0.723. The molecule has 0 saturated carbocycles. The molecule has 1 N–H and O–H groups in total. The molecule has 156 valence electrons. The van der Waals surface area contributed by atoms with Crippen molar-refractivity contribution in [3.05, 3.63) is 48.5 Å². The van der Waals surface area contributed by atoms with E-state index in [2.05, 4.69) is 10.1 Å². The Bertz CT molecular complexity index is 834. The number of anilines is 1. The topological polar surface area (TPSA) is 60.0 Å². The standard InChI is InChI=1S/C21H24F2N2O4/c1-3-25(12-15-13-27-18-10-6-7-11-19(18)28-15)14(2)20(26)24-16-8-4-5-9-17(16)29-21(22)23/h4-11,14-15,21H,3,12-13H2,1-2H3,(H,24,26). The van der Waals surface area contributed by atoms with Crippen molar-refractivity contribution in [1.82, 2.24) is 4.90 Å². The zero-order chi connectivity index (χ0) is 20.8. The maximum Gasteiger partial charge on any atom is 0.387 e. The number of nitrogens with zero attached hydrogens (tertiary/aromatic N) is 1. The molecule has 1 amide bonds. The second-order valence-corrected chi connectivity index (χ2v) is 6.63. The lowest BCUT2D eigenvalue weighted by Gasteiger charge is -2.33. The van der Waals surface area contributed by atoms with Crippen LogP contribution in [0, 0.1) is 0 Å². The van der Waals surface area contributed by atoms with Gasteiger partial charge in [-0.1, -0.05) is 31.2 Å². The van der Waals surface area contributed by atoms with E-state index in [0.717, 1.165) is 0 Å². The molecule has 0 radical (unpaired) electrons. The fourth-order valence-electron chi connectivity index (χ4n) is 3.15. The first-order chi connectivity index (χ1) is 14.0. The molecule has 2 atom stereocenters. The van der Waals surface area contributed by atoms with Gasteiger partial charge in [-0.25, -0.2) is 0 Å². The van der Waals surface area contributed by atoms with Crippen LogP contribution in [0.4, 0.5) is 14.5 Å². The van der Waals surface area contributed by atoms with Crippen LogP contribution < -0.4 is 19.5 Å². The summed E-state index contributed by atoms with van der Waals surface area (Å²) in [6.07, 6.45) is -0.227. The predicted molar refractivity (Wildman–Crippen MR) is 105 cm³/mol. The second kappa shape index (κ2) is 9.56. The molecular weight excluding hydrogens is 382 g/mol. The second-order valence-electron chi connectivity index (χ2n) is 6.63. The summed E-state index contributed by atoms with van der Waals surface area (Å²) in [5.41, 5.74) is 0.201. The molecule has 1 heterocycles. The van der Waals surface area contributed by atoms with Crippen molar-refractivity contribution in [1.29, 1.82) is 0 Å². The Balaban J connectivity index is 1.62. The van der Waals surface area contributed by atoms with Crippen LogP contribution in [0.1, 0.15) is 13.8 Å². The summed E-state index contributed by atoms with van der Waals surface area (Å²) < 4.78 is 41.3. The van der Waals surface area contributed by atoms with Gasteiger partial charge in [0.15, 0.2) is 11.5 Å². The van der Waals surface area contributed by atoms with Crippen molar-refractivity contribution in [3.8, 4) is 17.2 Å². The van der Waals surface area contributed by atoms with Gasteiger partial charge in [0.1, 0.15) is 18.5 Å². The summed E-state index contributed by atoms with van der Waals surface area (Å²) in [5.74, 6) is 0.976. The highest BCUT2D eigenvalue weighted by Crippen LogP contribution is 2.31. The van der Waals surface area contributed by atoms with E-state index in [1.54, 1.807) is 19.1 Å². The van der Waals surface area contributed by atoms with E-state index >= 15 is 0 Å². The molecule has 3 rings (SSSR count). The molecule has 2 aromatic carbocycles. The summed E-state index contributed by atoms with van der Waals surface area (Å²) >= 11 is 0. The molecule has 0 fully saturated rings. The van der Waals surface area contributed by atoms with E-state index in [1.165, 1.54) is 12.1 Å². The van der Waals surface area contributed by atoms with Gasteiger partial charge in [-0.3, -0.25) is 9.69 Å². The maximum atomic E-state index is 12.7. The average molecular weight is 406 g/mol. The third-order valence-corrected chi connectivity index (χ3v) is 4.70. The van der Waals surface area contributed by atoms with Crippen LogP contribution in [0.3, 0.4) is 0 Å². The molecule has 2 aromatic rings. The molecule has 0 spiro atoms. The van der Waals surface area contributed by atoms with Gasteiger partial charge in [-0.2, -0.15) is 8.78 Å². The molecular formula is C21H24F2N2O4. The molecule has 0 bridgehead atoms. The fraction of sp³-hybridized carbons (Fsp3) is 0.381. The zero-order valence-corrected chi connectivity index (χ0v) is 16.3. The van der Waals surface area contributed by atoms with Crippen LogP contribution in [-0.2, 0) is 4.79 Å². The fourth-order valence-corrected chi connectivity index (χ4v) is 3.15. The Morgan fingerprint density at radius 1 is 1.21 bits per heavy atom. The number of fused-ring (bicyclic) bond motifs is 1. The van der Waals surface area contributed by atoms with E-state index in [4.69, 9.17) is 9.47 Å². The number of benzene rings is 2. The van der Waals surface area contributed by atoms with Gasteiger partial charge in [0.05, 0.1) is 11.7 Å². The molecule has 2 unspecified atom stereocenters. The summed E-state index contributed by atoms with van der Waals surface area (Å²) in [4.78, 5) is 14.7. The van der Waals surface area contributed by atoms with E-state index in [9.17, 15) is 13.6 Å². The van der Waals surface area contributed by atoms with E-state index < -0.39 is 12.7 Å². The number of ether oxygens (including phenoxy) is 3. The number of halogens is 2. The van der Waals surface area contributed by atoms with Crippen LogP contribution in [0.2, 0.25) is 0 Å². The van der Waals surface area contributed by atoms with Gasteiger partial charge >= 0.3 is 6.61 Å². The first-order valence-electron chi connectivity index (χ1n) is 9.45. The summed E-state index contributed by atoms with van der Waals surface area (Å²) in [7, 11) is 0. The Morgan fingerprint density at radius 2 is 1.90 bits per heavy atom. The van der Waals surface area contributed by atoms with Crippen LogP contribution in [0.5, 0.6) is 17.2 Å². The number of hydrogen-bond acceptors (Lipinski definition) is 5. The summed E-state index contributed by atoms with van der Waals surface area (Å²) in [5, 5.41) is 2.67. The van der Waals surface area contributed by atoms with Gasteiger partial charge in [0.25, 0.3) is 0 Å². The lowest BCUT2D eigenvalue weighted by Crippen LogP contribution is -2.48. The third kappa shape index (κ3) is 5.35. The smallest absolute Gasteiger partial charge is 0.387 e. The molecule has 6 nitrogen and oxygen atoms in total. The molecule has 29 heavy (non-hydrogen) atoms. The maximum absolute atomic E-state index is 12.7. The van der Waals surface area contributed by atoms with Crippen molar-refractivity contribution < 1.29 is 27.8 Å². The monoisotopic (exact) mass is 406 g/mol. The van der Waals surface area contributed by atoms with Gasteiger partial charge < -0.3 is 19.5 Å². The third-order valence-electron chi connectivity index (χ3n) is 4.70. The van der Waals surface area contributed by atoms with Gasteiger partial charge in [-0.05, 0) is 37.7 Å². The first-order valence-corrected chi connectivity index (χ1v) is 9.45. The molecule has 0 saturated heterocycles. The minimum atomic E-state index is -2.97. The van der Waals surface area contributed by atoms with Crippen molar-refractivity contribution in [3.63, 3.8) is 0 Å². The van der Waals surface area contributed by atoms with Crippen LogP contribution in [-0.4, -0.2) is 49.3 Å². The Hall–Kier alpha value is -2.87. The molecule has 0 aromatic heterocycles. The summed E-state index contributed by atoms with van der Waals surface area (Å²) in [6, 6.07) is 13.0. The summed E-state index contributed by atoms with van der Waals surface area (Å²) in [6.45, 7) is 2.19. The largest absolute Gasteiger partial charge is 0.486 e. The number of amides is 1. The number of nitrogens with one attached hydrogen (secondary N) is 1. The SMILES string of the molecule is CCN(CC1COc2ccccc2O1)C(C)C(=O)Nc1ccccc1OC(F)F. The number of rotatable bonds is 8. The highest BCUT2D eigenvalue weighted by Gasteiger charge is 2.27. The Labute approximate surface area is 168 Å². The predicted octanol–water partition coefficient (Wildman–Crippen LogP) is 3.78. The van der Waals surface area contributed by atoms with Crippen molar-refractivity contribution in [2.75, 3.05) is 25.0 Å². The van der Waals surface area contributed by atoms with Gasteiger partial charge in [-0.15, -0.1) is 0 Å². The molecule has 8 heteroatoms. The number of likely N-dealkylation sites (N-methyl/N-ethyl adjacent to an activating group) is 1. The molecule has 0 aliphatic carbocycles. The highest BCUT2D eigenvalue weighted by atomic mass is 19.3. The Morgan fingerprint density at radius 3 is 2.62 bits per heavy atom. The van der Waals surface area contributed by atoms with Crippen LogP contribution >= 0.6 is 0 Å². The van der Waals surface area contributed by atoms with Gasteiger partial charge in [0.2, 0.25) is 5.91 Å². The van der Waals surface area contributed by atoms with Crippen molar-refractivity contribution >= 4 is 11.6 Å². The highest BCUT2D eigenvalue weighted by molar-refractivity contribution is 5.95. The number of alkyl halides is 2. The normalized spacial score (nSPS) is 16.6. The minimum absolute atomic E-state index is 0.0771. The molecule has 1 aliphatic rings. The minimum Gasteiger partial charge on any atom is -0.486 e. The number of carbonyl (C=O) groups excluding carboxylic acids is 1. The molecule has 1 aliphatic heterocycles. The number of hydrogen-bond donors (Lipinski definition) is 1. The first kappa shape index (κ1) is 20.9. The number of para-hydroxylation sites is 4. The number of carbonyl (C=O) groups is 1. The van der Waals surface area contributed by atoms with E-state index in [0.29, 0.717) is 31.2 Å². The van der Waals surface area contributed by atoms with Gasteiger partial charge in [0, 0.05) is 6.54 Å². The lowest BCUT2D eigenvalue weighted by atomic mass is 10.2. The van der Waals surface area contributed by atoms with Crippen molar-refractivity contribution in [2.45, 2.75) is 32.6 Å². The lowest BCUT2D eigenvalue weighted by molar-refractivity contribution is -0.121.